The minimum absolute atomic E-state index is 0.375. The Balaban J connectivity index is 1.58. The quantitative estimate of drug-likeness (QED) is 0.630. The van der Waals surface area contributed by atoms with E-state index in [1.165, 1.54) is 11.8 Å². The van der Waals surface area contributed by atoms with Crippen LogP contribution >= 0.6 is 11.8 Å². The van der Waals surface area contributed by atoms with Crippen molar-refractivity contribution >= 4 is 29.3 Å². The van der Waals surface area contributed by atoms with Crippen molar-refractivity contribution in [1.82, 2.24) is 20.4 Å². The second kappa shape index (κ2) is 5.59. The molecule has 24 heavy (non-hydrogen) atoms. The summed E-state index contributed by atoms with van der Waals surface area (Å²) in [6.45, 7) is 2.18. The Hall–Kier alpha value is -2.42. The monoisotopic (exact) mass is 345 g/mol. The van der Waals surface area contributed by atoms with Gasteiger partial charge >= 0.3 is 0 Å². The lowest BCUT2D eigenvalue weighted by Gasteiger charge is -2.44. The molecule has 1 amide bonds. The zero-order chi connectivity index (χ0) is 16.7. The molecule has 0 aromatic rings. The van der Waals surface area contributed by atoms with Gasteiger partial charge in [-0.2, -0.15) is 0 Å². The van der Waals surface area contributed by atoms with Gasteiger partial charge in [0, 0.05) is 37.9 Å². The van der Waals surface area contributed by atoms with Gasteiger partial charge in [-0.1, -0.05) is 0 Å². The molecule has 4 aliphatic rings. The molecule has 1 atom stereocenters. The number of rotatable bonds is 3. The van der Waals surface area contributed by atoms with Crippen molar-refractivity contribution in [3.8, 4) is 0 Å². The van der Waals surface area contributed by atoms with Crippen molar-refractivity contribution in [2.45, 2.75) is 5.54 Å². The number of nitrogens with one attached hydrogen (secondary N) is 2. The number of aliphatic imine (C=N–C) groups is 2. The van der Waals surface area contributed by atoms with Gasteiger partial charge in [0.15, 0.2) is 5.54 Å². The first-order valence-electron chi connectivity index (χ1n) is 7.73. The van der Waals surface area contributed by atoms with Crippen molar-refractivity contribution < 1.29 is 4.79 Å². The van der Waals surface area contributed by atoms with Crippen LogP contribution in [0, 0.1) is 0 Å². The van der Waals surface area contributed by atoms with E-state index in [9.17, 15) is 4.79 Å². The summed E-state index contributed by atoms with van der Waals surface area (Å²) in [5.41, 5.74) is 5.85. The molecule has 0 unspecified atom stereocenters. The fourth-order valence-corrected chi connectivity index (χ4v) is 4.13. The number of amides is 1. The topological polar surface area (TPSA) is 98.4 Å². The highest BCUT2D eigenvalue weighted by atomic mass is 32.2. The van der Waals surface area contributed by atoms with Crippen molar-refractivity contribution in [3.05, 3.63) is 35.3 Å². The van der Waals surface area contributed by atoms with E-state index in [-0.39, 0.29) is 5.91 Å². The molecule has 0 aliphatic carbocycles. The SMILES string of the molecule is CN1CNC2=NC=C[C@]23NC(CN2C=C(C(N)=O)SCC2)=CN=C13. The number of likely N-dealkylation sites (N-methyl/N-ethyl adjacent to an activating group) is 1. The minimum Gasteiger partial charge on any atom is -0.370 e. The van der Waals surface area contributed by atoms with Crippen LogP contribution in [-0.4, -0.2) is 65.5 Å². The summed E-state index contributed by atoms with van der Waals surface area (Å²) in [7, 11) is 2.00. The number of primary amides is 1. The van der Waals surface area contributed by atoms with Crippen LogP contribution in [0.1, 0.15) is 0 Å². The van der Waals surface area contributed by atoms with Gasteiger partial charge in [-0.3, -0.25) is 4.79 Å². The van der Waals surface area contributed by atoms with E-state index in [0.29, 0.717) is 18.1 Å². The van der Waals surface area contributed by atoms with Gasteiger partial charge < -0.3 is 26.2 Å². The number of nitrogens with two attached hydrogens (primary N) is 1. The maximum Gasteiger partial charge on any atom is 0.256 e. The zero-order valence-corrected chi connectivity index (χ0v) is 14.1. The molecule has 9 heteroatoms. The maximum absolute atomic E-state index is 11.4. The van der Waals surface area contributed by atoms with E-state index in [1.807, 2.05) is 25.5 Å². The van der Waals surface area contributed by atoms with Crippen LogP contribution in [0.15, 0.2) is 45.3 Å². The van der Waals surface area contributed by atoms with Gasteiger partial charge in [0.2, 0.25) is 0 Å². The number of amidine groups is 2. The Morgan fingerprint density at radius 1 is 1.50 bits per heavy atom. The van der Waals surface area contributed by atoms with Gasteiger partial charge in [-0.05, 0) is 6.08 Å². The van der Waals surface area contributed by atoms with E-state index in [0.717, 1.165) is 29.7 Å². The first-order valence-corrected chi connectivity index (χ1v) is 8.72. The van der Waals surface area contributed by atoms with Crippen molar-refractivity contribution in [1.29, 1.82) is 0 Å². The third kappa shape index (κ3) is 2.35. The largest absolute Gasteiger partial charge is 0.370 e. The number of thioether (sulfide) groups is 1. The van der Waals surface area contributed by atoms with E-state index >= 15 is 0 Å². The first kappa shape index (κ1) is 15.1. The lowest BCUT2D eigenvalue weighted by atomic mass is 9.93. The van der Waals surface area contributed by atoms with Crippen molar-refractivity contribution in [2.24, 2.45) is 15.7 Å². The first-order chi connectivity index (χ1) is 11.6. The van der Waals surface area contributed by atoms with E-state index in [4.69, 9.17) is 5.73 Å². The average molecular weight is 345 g/mol. The fraction of sp³-hybridized carbons (Fsp3) is 0.400. The Labute approximate surface area is 144 Å². The molecule has 4 heterocycles. The van der Waals surface area contributed by atoms with Crippen LogP contribution in [0.2, 0.25) is 0 Å². The molecule has 1 spiro atoms. The summed E-state index contributed by atoms with van der Waals surface area (Å²) in [6.07, 6.45) is 7.51. The normalized spacial score (nSPS) is 27.9. The summed E-state index contributed by atoms with van der Waals surface area (Å²) in [4.78, 5) is 25.2. The van der Waals surface area contributed by atoms with Gasteiger partial charge in [-0.15, -0.1) is 11.8 Å². The van der Waals surface area contributed by atoms with Gasteiger partial charge in [0.1, 0.15) is 11.7 Å². The molecule has 0 aromatic carbocycles. The number of carbonyl (C=O) groups is 1. The third-order valence-corrected chi connectivity index (χ3v) is 5.36. The lowest BCUT2D eigenvalue weighted by molar-refractivity contribution is -0.114. The molecule has 1 saturated heterocycles. The molecule has 0 aromatic heterocycles. The third-order valence-electron chi connectivity index (χ3n) is 4.35. The average Bonchev–Trinajstić information content (AvgIpc) is 2.97. The molecule has 126 valence electrons. The highest BCUT2D eigenvalue weighted by Crippen LogP contribution is 2.28. The molecule has 4 aliphatic heterocycles. The minimum atomic E-state index is -0.516. The Kier molecular flexibility index (Phi) is 3.52. The van der Waals surface area contributed by atoms with Crippen LogP contribution in [0.5, 0.6) is 0 Å². The number of hydrogen-bond acceptors (Lipinski definition) is 8. The molecular formula is C15H19N7OS. The summed E-state index contributed by atoms with van der Waals surface area (Å²) in [6, 6.07) is 0. The molecule has 0 radical (unpaired) electrons. The highest BCUT2D eigenvalue weighted by molar-refractivity contribution is 8.04. The molecular weight excluding hydrogens is 326 g/mol. The van der Waals surface area contributed by atoms with E-state index < -0.39 is 5.54 Å². The van der Waals surface area contributed by atoms with Crippen LogP contribution in [0.3, 0.4) is 0 Å². The molecule has 0 saturated carbocycles. The van der Waals surface area contributed by atoms with Crippen LogP contribution in [0.4, 0.5) is 0 Å². The predicted molar refractivity (Wildman–Crippen MR) is 95.0 cm³/mol. The van der Waals surface area contributed by atoms with Crippen molar-refractivity contribution in [2.75, 3.05) is 32.6 Å². The van der Waals surface area contributed by atoms with E-state index in [2.05, 4.69) is 30.4 Å². The van der Waals surface area contributed by atoms with Crippen molar-refractivity contribution in [3.63, 3.8) is 0 Å². The fourth-order valence-electron chi connectivity index (χ4n) is 3.22. The maximum atomic E-state index is 11.4. The van der Waals surface area contributed by atoms with Gasteiger partial charge in [0.25, 0.3) is 5.91 Å². The van der Waals surface area contributed by atoms with E-state index in [1.54, 1.807) is 6.20 Å². The second-order valence-electron chi connectivity index (χ2n) is 6.04. The summed E-state index contributed by atoms with van der Waals surface area (Å²) >= 11 is 1.50. The number of hydrogen-bond donors (Lipinski definition) is 3. The molecule has 1 fully saturated rings. The Morgan fingerprint density at radius 2 is 2.38 bits per heavy atom. The predicted octanol–water partition coefficient (Wildman–Crippen LogP) is -0.638. The smallest absolute Gasteiger partial charge is 0.256 e. The molecule has 0 bridgehead atoms. The van der Waals surface area contributed by atoms with Gasteiger partial charge in [0.05, 0.1) is 23.8 Å². The second-order valence-corrected chi connectivity index (χ2v) is 7.18. The summed E-state index contributed by atoms with van der Waals surface area (Å²) in [5, 5.41) is 6.89. The summed E-state index contributed by atoms with van der Waals surface area (Å²) in [5.74, 6) is 2.27. The number of nitrogens with zero attached hydrogens (tertiary/aromatic N) is 4. The standard InChI is InChI=1S/C15H19N7OS/c1-21-9-19-13-15(2-3-17-13)14(21)18-6-10(20-15)7-22-4-5-24-11(8-22)12(16)23/h2-3,6,8,20H,4-5,7,9H2,1H3,(H2,16,23)(H,17,19)/t15-/m0/s1. The summed E-state index contributed by atoms with van der Waals surface area (Å²) < 4.78 is 0. The Bertz CT molecular complexity index is 738. The molecule has 4 rings (SSSR count). The van der Waals surface area contributed by atoms with Crippen LogP contribution in [0.25, 0.3) is 0 Å². The highest BCUT2D eigenvalue weighted by Gasteiger charge is 2.47. The Morgan fingerprint density at radius 3 is 3.21 bits per heavy atom. The number of carbonyl (C=O) groups excluding carboxylic acids is 1. The van der Waals surface area contributed by atoms with Gasteiger partial charge in [-0.25, -0.2) is 9.98 Å². The molecule has 8 nitrogen and oxygen atoms in total. The molecule has 4 N–H and O–H groups in total. The van der Waals surface area contributed by atoms with Crippen LogP contribution < -0.4 is 16.4 Å². The zero-order valence-electron chi connectivity index (χ0n) is 13.3. The van der Waals surface area contributed by atoms with Crippen LogP contribution in [-0.2, 0) is 4.79 Å². The lowest BCUT2D eigenvalue weighted by Crippen LogP contribution is -2.70.